The van der Waals surface area contributed by atoms with E-state index in [0.717, 1.165) is 37.2 Å². The molecule has 3 N–H and O–H groups in total. The van der Waals surface area contributed by atoms with E-state index < -0.39 is 0 Å². The van der Waals surface area contributed by atoms with Crippen LogP contribution in [0.25, 0.3) is 0 Å². The summed E-state index contributed by atoms with van der Waals surface area (Å²) in [7, 11) is 1.66. The minimum Gasteiger partial charge on any atom is -0.497 e. The van der Waals surface area contributed by atoms with Crippen LogP contribution in [0, 0.1) is 0 Å². The molecule has 2 aromatic carbocycles. The third-order valence-electron chi connectivity index (χ3n) is 5.63. The number of aryl methyl sites for hydroxylation is 1. The number of hydrogen-bond acceptors (Lipinski definition) is 5. The molecule has 2 unspecified atom stereocenters. The lowest BCUT2D eigenvalue weighted by Gasteiger charge is -2.31. The topological polar surface area (TPSA) is 65.6 Å². The molecule has 0 bridgehead atoms. The summed E-state index contributed by atoms with van der Waals surface area (Å²) in [5.74, 6) is 0.886. The second-order valence-corrected chi connectivity index (χ2v) is 7.41. The first-order valence-corrected chi connectivity index (χ1v) is 10.00. The molecule has 6 nitrogen and oxygen atoms in total. The van der Waals surface area contributed by atoms with Gasteiger partial charge in [0, 0.05) is 31.4 Å². The van der Waals surface area contributed by atoms with Crippen LogP contribution in [0.2, 0.25) is 0 Å². The number of anilines is 1. The van der Waals surface area contributed by atoms with Gasteiger partial charge in [0.15, 0.2) is 0 Å². The van der Waals surface area contributed by atoms with E-state index in [1.165, 1.54) is 17.7 Å². The van der Waals surface area contributed by atoms with Crippen molar-refractivity contribution in [2.75, 3.05) is 31.6 Å². The molecule has 28 heavy (non-hydrogen) atoms. The maximum absolute atomic E-state index is 12.6. The number of ether oxygens (including phenoxy) is 1. The third-order valence-corrected chi connectivity index (χ3v) is 5.63. The first kappa shape index (κ1) is 18.8. The normalized spacial score (nSPS) is 21.2. The van der Waals surface area contributed by atoms with Gasteiger partial charge in [-0.3, -0.25) is 4.79 Å². The van der Waals surface area contributed by atoms with Crippen molar-refractivity contribution in [3.05, 3.63) is 59.7 Å². The molecule has 2 aliphatic rings. The Bertz CT molecular complexity index is 808. The number of rotatable bonds is 6. The van der Waals surface area contributed by atoms with Crippen LogP contribution in [-0.2, 0) is 11.2 Å². The summed E-state index contributed by atoms with van der Waals surface area (Å²) < 4.78 is 5.20. The average molecular weight is 380 g/mol. The Balaban J connectivity index is 1.26. The number of methoxy groups -OCH3 is 1. The van der Waals surface area contributed by atoms with Crippen molar-refractivity contribution in [2.45, 2.75) is 31.3 Å². The lowest BCUT2D eigenvalue weighted by atomic mass is 10.0. The highest BCUT2D eigenvalue weighted by Gasteiger charge is 2.30. The zero-order valence-electron chi connectivity index (χ0n) is 16.3. The fourth-order valence-corrected chi connectivity index (χ4v) is 4.06. The van der Waals surface area contributed by atoms with Gasteiger partial charge in [0.1, 0.15) is 11.8 Å². The predicted octanol–water partition coefficient (Wildman–Crippen LogP) is 2.17. The maximum Gasteiger partial charge on any atom is 0.238 e. The Kier molecular flexibility index (Phi) is 5.78. The molecule has 0 saturated carbocycles. The third kappa shape index (κ3) is 4.13. The summed E-state index contributed by atoms with van der Waals surface area (Å²) in [6.07, 6.45) is 3.04. The molecule has 148 valence electrons. The highest BCUT2D eigenvalue weighted by molar-refractivity contribution is 5.82. The number of fused-ring (bicyclic) bond motifs is 1. The molecule has 1 amide bonds. The summed E-state index contributed by atoms with van der Waals surface area (Å²) in [5.41, 5.74) is 10.2. The van der Waals surface area contributed by atoms with Gasteiger partial charge in [-0.15, -0.1) is 0 Å². The summed E-state index contributed by atoms with van der Waals surface area (Å²) in [4.78, 5) is 14.9. The number of hydrogen-bond donors (Lipinski definition) is 3. The highest BCUT2D eigenvalue weighted by atomic mass is 16.5. The van der Waals surface area contributed by atoms with E-state index in [4.69, 9.17) is 4.74 Å². The van der Waals surface area contributed by atoms with Crippen LogP contribution in [0.1, 0.15) is 30.0 Å². The Morgan fingerprint density at radius 3 is 2.82 bits per heavy atom. The first-order valence-electron chi connectivity index (χ1n) is 10.00. The molecule has 0 radical (unpaired) electrons. The quantitative estimate of drug-likeness (QED) is 0.717. The maximum atomic E-state index is 12.6. The fourth-order valence-electron chi connectivity index (χ4n) is 4.06. The summed E-state index contributed by atoms with van der Waals surface area (Å²) in [5, 5.41) is 3.09. The molecule has 4 rings (SSSR count). The van der Waals surface area contributed by atoms with Crippen molar-refractivity contribution in [3.8, 4) is 5.75 Å². The molecule has 2 aliphatic heterocycles. The SMILES string of the molecule is COc1ccc(C2CC(C(=O)NCCN3CCCc4ccccc43)NN2)cc1. The van der Waals surface area contributed by atoms with Crippen molar-refractivity contribution in [1.29, 1.82) is 0 Å². The molecule has 2 aromatic rings. The van der Waals surface area contributed by atoms with Crippen LogP contribution in [0.5, 0.6) is 5.75 Å². The Morgan fingerprint density at radius 2 is 2.00 bits per heavy atom. The highest BCUT2D eigenvalue weighted by Crippen LogP contribution is 2.26. The second kappa shape index (κ2) is 8.63. The predicted molar refractivity (Wildman–Crippen MR) is 110 cm³/mol. The van der Waals surface area contributed by atoms with Crippen LogP contribution in [0.4, 0.5) is 5.69 Å². The second-order valence-electron chi connectivity index (χ2n) is 7.41. The molecule has 0 spiro atoms. The van der Waals surface area contributed by atoms with Crippen LogP contribution in [-0.4, -0.2) is 38.7 Å². The number of nitrogens with one attached hydrogen (secondary N) is 3. The minimum absolute atomic E-state index is 0.0498. The van der Waals surface area contributed by atoms with E-state index in [-0.39, 0.29) is 18.0 Å². The van der Waals surface area contributed by atoms with Crippen LogP contribution >= 0.6 is 0 Å². The molecule has 2 atom stereocenters. The van der Waals surface area contributed by atoms with Gasteiger partial charge < -0.3 is 15.0 Å². The lowest BCUT2D eigenvalue weighted by Crippen LogP contribution is -2.45. The standard InChI is InChI=1S/C22H28N4O2/c1-28-18-10-8-16(9-11-18)19-15-20(25-24-19)22(27)23-12-14-26-13-4-6-17-5-2-3-7-21(17)26/h2-3,5,7-11,19-20,24-25H,4,6,12-15H2,1H3,(H,23,27). The van der Waals surface area contributed by atoms with Crippen molar-refractivity contribution >= 4 is 11.6 Å². The largest absolute Gasteiger partial charge is 0.497 e. The molecule has 1 saturated heterocycles. The van der Waals surface area contributed by atoms with Crippen molar-refractivity contribution in [1.82, 2.24) is 16.2 Å². The molecular formula is C22H28N4O2. The van der Waals surface area contributed by atoms with Gasteiger partial charge in [0.05, 0.1) is 7.11 Å². The number of hydrazine groups is 1. The van der Waals surface area contributed by atoms with Crippen molar-refractivity contribution < 1.29 is 9.53 Å². The minimum atomic E-state index is -0.222. The average Bonchev–Trinajstić information content (AvgIpc) is 3.24. The first-order chi connectivity index (χ1) is 13.7. The number of nitrogens with zero attached hydrogens (tertiary/aromatic N) is 1. The molecule has 2 heterocycles. The van der Waals surface area contributed by atoms with E-state index in [2.05, 4.69) is 45.3 Å². The number of benzene rings is 2. The van der Waals surface area contributed by atoms with Gasteiger partial charge in [-0.25, -0.2) is 10.9 Å². The molecule has 1 fully saturated rings. The van der Waals surface area contributed by atoms with Gasteiger partial charge in [0.25, 0.3) is 0 Å². The van der Waals surface area contributed by atoms with E-state index in [9.17, 15) is 4.79 Å². The Hall–Kier alpha value is -2.57. The van der Waals surface area contributed by atoms with Crippen LogP contribution in [0.3, 0.4) is 0 Å². The lowest BCUT2D eigenvalue weighted by molar-refractivity contribution is -0.122. The van der Waals surface area contributed by atoms with Gasteiger partial charge in [0.2, 0.25) is 5.91 Å². The summed E-state index contributed by atoms with van der Waals surface area (Å²) >= 11 is 0. The molecule has 6 heteroatoms. The van der Waals surface area contributed by atoms with Gasteiger partial charge >= 0.3 is 0 Å². The van der Waals surface area contributed by atoms with Crippen molar-refractivity contribution in [3.63, 3.8) is 0 Å². The monoisotopic (exact) mass is 380 g/mol. The zero-order valence-corrected chi connectivity index (χ0v) is 16.3. The molecule has 0 aliphatic carbocycles. The van der Waals surface area contributed by atoms with Crippen LogP contribution < -0.4 is 25.8 Å². The molecule has 0 aromatic heterocycles. The zero-order chi connectivity index (χ0) is 19.3. The molecular weight excluding hydrogens is 352 g/mol. The fraction of sp³-hybridized carbons (Fsp3) is 0.409. The van der Waals surface area contributed by atoms with E-state index in [1.807, 2.05) is 24.3 Å². The van der Waals surface area contributed by atoms with Gasteiger partial charge in [-0.2, -0.15) is 0 Å². The summed E-state index contributed by atoms with van der Waals surface area (Å²) in [6, 6.07) is 16.4. The van der Waals surface area contributed by atoms with E-state index >= 15 is 0 Å². The number of para-hydroxylation sites is 1. The smallest absolute Gasteiger partial charge is 0.238 e. The number of carbonyl (C=O) groups excluding carboxylic acids is 1. The number of amides is 1. The van der Waals surface area contributed by atoms with Gasteiger partial charge in [-0.05, 0) is 48.6 Å². The Morgan fingerprint density at radius 1 is 1.18 bits per heavy atom. The summed E-state index contributed by atoms with van der Waals surface area (Å²) in [6.45, 7) is 2.54. The van der Waals surface area contributed by atoms with Gasteiger partial charge in [-0.1, -0.05) is 30.3 Å². The Labute approximate surface area is 166 Å². The van der Waals surface area contributed by atoms with Crippen LogP contribution in [0.15, 0.2) is 48.5 Å². The number of carbonyl (C=O) groups is 1. The van der Waals surface area contributed by atoms with E-state index in [0.29, 0.717) is 6.54 Å². The van der Waals surface area contributed by atoms with E-state index in [1.54, 1.807) is 7.11 Å². The van der Waals surface area contributed by atoms with Crippen molar-refractivity contribution in [2.24, 2.45) is 0 Å².